The van der Waals surface area contributed by atoms with Crippen LogP contribution in [0.5, 0.6) is 0 Å². The molecule has 1 aliphatic rings. The lowest BCUT2D eigenvalue weighted by molar-refractivity contribution is -0.142. The molecule has 0 bridgehead atoms. The maximum absolute atomic E-state index is 10.9. The van der Waals surface area contributed by atoms with Crippen LogP contribution >= 0.6 is 23.2 Å². The van der Waals surface area contributed by atoms with Crippen molar-refractivity contribution in [2.75, 3.05) is 18.0 Å². The summed E-state index contributed by atoms with van der Waals surface area (Å²) < 4.78 is 0. The minimum absolute atomic E-state index is 0.250. The zero-order valence-corrected chi connectivity index (χ0v) is 12.1. The molecule has 2 aromatic rings. The van der Waals surface area contributed by atoms with Gasteiger partial charge in [-0.05, 0) is 25.0 Å². The molecule has 5 nitrogen and oxygen atoms in total. The van der Waals surface area contributed by atoms with E-state index in [-0.39, 0.29) is 5.92 Å². The molecule has 0 unspecified atom stereocenters. The summed E-state index contributed by atoms with van der Waals surface area (Å²) in [5.41, 5.74) is 1.59. The standard InChI is InChI=1S/C13H13Cl2N3O2/c14-8-5-10-11(6-9(8)15)17-13(16-10)18-3-1-7(2-4-18)12(19)20/h5-7H,1-4H2,(H,16,17)(H,19,20). The van der Waals surface area contributed by atoms with Gasteiger partial charge in [0.2, 0.25) is 5.95 Å². The monoisotopic (exact) mass is 313 g/mol. The Bertz CT molecular complexity index is 624. The Morgan fingerprint density at radius 2 is 1.95 bits per heavy atom. The molecule has 1 fully saturated rings. The van der Waals surface area contributed by atoms with Crippen molar-refractivity contribution in [1.29, 1.82) is 0 Å². The molecular formula is C13H13Cl2N3O2. The van der Waals surface area contributed by atoms with Gasteiger partial charge in [-0.1, -0.05) is 23.2 Å². The molecule has 0 spiro atoms. The minimum atomic E-state index is -0.715. The number of H-pyrrole nitrogens is 1. The van der Waals surface area contributed by atoms with Gasteiger partial charge in [0, 0.05) is 13.1 Å². The Morgan fingerprint density at radius 1 is 1.30 bits per heavy atom. The Hall–Kier alpha value is -1.46. The van der Waals surface area contributed by atoms with E-state index >= 15 is 0 Å². The van der Waals surface area contributed by atoms with Gasteiger partial charge in [0.05, 0.1) is 27.0 Å². The number of carboxylic acids is 1. The molecule has 1 aliphatic heterocycles. The van der Waals surface area contributed by atoms with E-state index in [4.69, 9.17) is 28.3 Å². The molecule has 106 valence electrons. The van der Waals surface area contributed by atoms with Crippen molar-refractivity contribution in [2.45, 2.75) is 12.8 Å². The number of aromatic amines is 1. The summed E-state index contributed by atoms with van der Waals surface area (Å²) in [5, 5.41) is 9.96. The summed E-state index contributed by atoms with van der Waals surface area (Å²) in [6, 6.07) is 3.48. The molecule has 0 radical (unpaired) electrons. The normalized spacial score (nSPS) is 16.8. The quantitative estimate of drug-likeness (QED) is 0.893. The van der Waals surface area contributed by atoms with E-state index < -0.39 is 5.97 Å². The van der Waals surface area contributed by atoms with Crippen molar-refractivity contribution < 1.29 is 9.90 Å². The summed E-state index contributed by atoms with van der Waals surface area (Å²) in [6.07, 6.45) is 1.27. The van der Waals surface area contributed by atoms with Gasteiger partial charge in [-0.2, -0.15) is 0 Å². The molecule has 0 atom stereocenters. The number of imidazole rings is 1. The highest BCUT2D eigenvalue weighted by atomic mass is 35.5. The third-order valence-corrected chi connectivity index (χ3v) is 4.38. The Kier molecular flexibility index (Phi) is 3.48. The van der Waals surface area contributed by atoms with Crippen LogP contribution in [0.4, 0.5) is 5.95 Å². The fraction of sp³-hybridized carbons (Fsp3) is 0.385. The number of nitrogens with zero attached hydrogens (tertiary/aromatic N) is 2. The molecule has 3 rings (SSSR count). The highest BCUT2D eigenvalue weighted by molar-refractivity contribution is 6.42. The van der Waals surface area contributed by atoms with Crippen molar-refractivity contribution in [1.82, 2.24) is 9.97 Å². The zero-order chi connectivity index (χ0) is 14.3. The molecule has 2 N–H and O–H groups in total. The molecular weight excluding hydrogens is 301 g/mol. The van der Waals surface area contributed by atoms with Crippen LogP contribution in [0.1, 0.15) is 12.8 Å². The van der Waals surface area contributed by atoms with Crippen molar-refractivity contribution in [3.8, 4) is 0 Å². The van der Waals surface area contributed by atoms with E-state index in [1.165, 1.54) is 0 Å². The number of hydrogen-bond donors (Lipinski definition) is 2. The average molecular weight is 314 g/mol. The second-order valence-electron chi connectivity index (χ2n) is 4.94. The SMILES string of the molecule is O=C(O)C1CCN(c2nc3cc(Cl)c(Cl)cc3[nH]2)CC1. The molecule has 20 heavy (non-hydrogen) atoms. The third kappa shape index (κ3) is 2.43. The highest BCUT2D eigenvalue weighted by Gasteiger charge is 2.25. The summed E-state index contributed by atoms with van der Waals surface area (Å²) >= 11 is 12.0. The van der Waals surface area contributed by atoms with E-state index in [0.29, 0.717) is 36.0 Å². The van der Waals surface area contributed by atoms with E-state index in [0.717, 1.165) is 17.0 Å². The first kappa shape index (κ1) is 13.5. The third-order valence-electron chi connectivity index (χ3n) is 3.66. The number of nitrogens with one attached hydrogen (secondary N) is 1. The number of aliphatic carboxylic acids is 1. The Labute approximate surface area is 125 Å². The van der Waals surface area contributed by atoms with E-state index in [1.807, 2.05) is 0 Å². The maximum Gasteiger partial charge on any atom is 0.306 e. The number of hydrogen-bond acceptors (Lipinski definition) is 3. The van der Waals surface area contributed by atoms with Crippen molar-refractivity contribution in [3.63, 3.8) is 0 Å². The number of piperidine rings is 1. The fourth-order valence-electron chi connectivity index (χ4n) is 2.48. The van der Waals surface area contributed by atoms with Crippen LogP contribution in [0, 0.1) is 5.92 Å². The van der Waals surface area contributed by atoms with Gasteiger partial charge in [0.15, 0.2) is 0 Å². The van der Waals surface area contributed by atoms with Gasteiger partial charge in [-0.3, -0.25) is 4.79 Å². The summed E-state index contributed by atoms with van der Waals surface area (Å²) in [5.74, 6) is -0.227. The Morgan fingerprint density at radius 3 is 2.60 bits per heavy atom. The van der Waals surface area contributed by atoms with Gasteiger partial charge in [0.25, 0.3) is 0 Å². The second kappa shape index (κ2) is 5.14. The largest absolute Gasteiger partial charge is 0.481 e. The first-order valence-corrected chi connectivity index (χ1v) is 7.12. The van der Waals surface area contributed by atoms with Crippen LogP contribution in [-0.2, 0) is 4.79 Å². The highest BCUT2D eigenvalue weighted by Crippen LogP contribution is 2.29. The van der Waals surface area contributed by atoms with Crippen molar-refractivity contribution in [2.24, 2.45) is 5.92 Å². The lowest BCUT2D eigenvalue weighted by Crippen LogP contribution is -2.36. The molecule has 7 heteroatoms. The van der Waals surface area contributed by atoms with Gasteiger partial charge in [-0.25, -0.2) is 4.98 Å². The van der Waals surface area contributed by atoms with Crippen molar-refractivity contribution >= 4 is 46.2 Å². The van der Waals surface area contributed by atoms with Crippen LogP contribution in [-0.4, -0.2) is 34.1 Å². The van der Waals surface area contributed by atoms with E-state index in [1.54, 1.807) is 12.1 Å². The lowest BCUT2D eigenvalue weighted by atomic mass is 9.97. The lowest BCUT2D eigenvalue weighted by Gasteiger charge is -2.29. The van der Waals surface area contributed by atoms with Gasteiger partial charge in [0.1, 0.15) is 0 Å². The number of anilines is 1. The number of carboxylic acid groups (broad SMARTS) is 1. The van der Waals surface area contributed by atoms with E-state index in [9.17, 15) is 4.79 Å². The van der Waals surface area contributed by atoms with Crippen LogP contribution in [0.3, 0.4) is 0 Å². The Balaban J connectivity index is 1.83. The maximum atomic E-state index is 10.9. The van der Waals surface area contributed by atoms with Gasteiger partial charge in [-0.15, -0.1) is 0 Å². The average Bonchev–Trinajstić information content (AvgIpc) is 2.82. The molecule has 1 aromatic carbocycles. The van der Waals surface area contributed by atoms with Crippen molar-refractivity contribution in [3.05, 3.63) is 22.2 Å². The number of rotatable bonds is 2. The smallest absolute Gasteiger partial charge is 0.306 e. The van der Waals surface area contributed by atoms with E-state index in [2.05, 4.69) is 14.9 Å². The summed E-state index contributed by atoms with van der Waals surface area (Å²) in [7, 11) is 0. The zero-order valence-electron chi connectivity index (χ0n) is 10.6. The minimum Gasteiger partial charge on any atom is -0.481 e. The first-order valence-electron chi connectivity index (χ1n) is 6.37. The topological polar surface area (TPSA) is 69.2 Å². The molecule has 1 saturated heterocycles. The molecule has 0 saturated carbocycles. The summed E-state index contributed by atoms with van der Waals surface area (Å²) in [6.45, 7) is 1.36. The van der Waals surface area contributed by atoms with Crippen LogP contribution in [0.15, 0.2) is 12.1 Å². The van der Waals surface area contributed by atoms with Gasteiger partial charge < -0.3 is 15.0 Å². The number of benzene rings is 1. The number of carbonyl (C=O) groups is 1. The number of halogens is 2. The second-order valence-corrected chi connectivity index (χ2v) is 5.76. The first-order chi connectivity index (χ1) is 9.54. The molecule has 2 heterocycles. The number of aromatic nitrogens is 2. The van der Waals surface area contributed by atoms with Crippen LogP contribution < -0.4 is 4.90 Å². The summed E-state index contributed by atoms with van der Waals surface area (Å²) in [4.78, 5) is 20.7. The van der Waals surface area contributed by atoms with Crippen LogP contribution in [0.25, 0.3) is 11.0 Å². The fourth-order valence-corrected chi connectivity index (χ4v) is 2.80. The molecule has 0 aliphatic carbocycles. The number of fused-ring (bicyclic) bond motifs is 1. The van der Waals surface area contributed by atoms with Gasteiger partial charge >= 0.3 is 5.97 Å². The molecule has 0 amide bonds. The molecule has 1 aromatic heterocycles. The van der Waals surface area contributed by atoms with Crippen LogP contribution in [0.2, 0.25) is 10.0 Å². The predicted octanol–water partition coefficient (Wildman–Crippen LogP) is 3.17. The predicted molar refractivity (Wildman–Crippen MR) is 78.7 cm³/mol.